The van der Waals surface area contributed by atoms with Crippen LogP contribution in [0, 0.1) is 5.82 Å². The summed E-state index contributed by atoms with van der Waals surface area (Å²) < 4.78 is 12.9. The van der Waals surface area contributed by atoms with Crippen LogP contribution in [0.1, 0.15) is 30.1 Å². The fourth-order valence-corrected chi connectivity index (χ4v) is 3.91. The van der Waals surface area contributed by atoms with Crippen molar-refractivity contribution in [1.29, 1.82) is 0 Å². The minimum absolute atomic E-state index is 0.133. The number of carbonyl (C=O) groups excluding carboxylic acids is 1. The van der Waals surface area contributed by atoms with E-state index < -0.39 is 0 Å². The lowest BCUT2D eigenvalue weighted by Crippen LogP contribution is -2.56. The predicted molar refractivity (Wildman–Crippen MR) is 93.7 cm³/mol. The van der Waals surface area contributed by atoms with Gasteiger partial charge in [0.1, 0.15) is 5.82 Å². The van der Waals surface area contributed by atoms with E-state index in [1.807, 2.05) is 10.3 Å². The Morgan fingerprint density at radius 1 is 1.29 bits per heavy atom. The van der Waals surface area contributed by atoms with Gasteiger partial charge in [0, 0.05) is 37.0 Å². The molecule has 1 fully saturated rings. The lowest BCUT2D eigenvalue weighted by Gasteiger charge is -2.36. The van der Waals surface area contributed by atoms with E-state index in [0.29, 0.717) is 24.9 Å². The van der Waals surface area contributed by atoms with Crippen LogP contribution in [0.2, 0.25) is 0 Å². The number of hydrogen-bond donors (Lipinski definition) is 1. The Kier molecular flexibility index (Phi) is 5.26. The third-order valence-corrected chi connectivity index (χ3v) is 5.01. The maximum atomic E-state index is 12.9. The van der Waals surface area contributed by atoms with Crippen LogP contribution in [-0.4, -0.2) is 41.0 Å². The first-order valence-electron chi connectivity index (χ1n) is 8.21. The number of carbonyl (C=O) groups is 1. The second kappa shape index (κ2) is 7.40. The maximum absolute atomic E-state index is 12.9. The summed E-state index contributed by atoms with van der Waals surface area (Å²) >= 11 is 1.55. The first-order chi connectivity index (χ1) is 11.5. The summed E-state index contributed by atoms with van der Waals surface area (Å²) in [5, 5.41) is 6.33. The molecule has 1 N–H and O–H groups in total. The Labute approximate surface area is 145 Å². The summed E-state index contributed by atoms with van der Waals surface area (Å²) in [6, 6.07) is 7.10. The number of aromatic nitrogens is 1. The van der Waals surface area contributed by atoms with Crippen LogP contribution in [0.4, 0.5) is 4.39 Å². The molecule has 24 heavy (non-hydrogen) atoms. The lowest BCUT2D eigenvalue weighted by atomic mass is 10.1. The first-order valence-corrected chi connectivity index (χ1v) is 9.09. The molecule has 0 spiro atoms. The summed E-state index contributed by atoms with van der Waals surface area (Å²) in [6.07, 6.45) is 1.01. The van der Waals surface area contributed by atoms with E-state index in [-0.39, 0.29) is 11.7 Å². The Bertz CT molecular complexity index is 691. The quantitative estimate of drug-likeness (QED) is 0.925. The zero-order valence-electron chi connectivity index (χ0n) is 14.0. The molecule has 3 rings (SSSR count). The van der Waals surface area contributed by atoms with E-state index in [9.17, 15) is 9.18 Å². The number of hydrogen-bond acceptors (Lipinski definition) is 4. The van der Waals surface area contributed by atoms with Gasteiger partial charge >= 0.3 is 0 Å². The van der Waals surface area contributed by atoms with Gasteiger partial charge in [0.2, 0.25) is 5.91 Å². The highest BCUT2D eigenvalue weighted by Crippen LogP contribution is 2.17. The number of nitrogens with zero attached hydrogens (tertiary/aromatic N) is 2. The SMILES string of the molecule is C[C@@H]1CN(C(=O)Cc2csc(Cc3ccc(F)cc3)n2)C[C@H](C)N1. The number of benzene rings is 1. The van der Waals surface area contributed by atoms with Gasteiger partial charge in [-0.05, 0) is 31.5 Å². The third kappa shape index (κ3) is 4.39. The van der Waals surface area contributed by atoms with Crippen molar-refractivity contribution in [3.05, 3.63) is 51.7 Å². The van der Waals surface area contributed by atoms with Gasteiger partial charge in [0.25, 0.3) is 0 Å². The molecule has 0 bridgehead atoms. The van der Waals surface area contributed by atoms with Crippen LogP contribution in [0.15, 0.2) is 29.6 Å². The smallest absolute Gasteiger partial charge is 0.228 e. The van der Waals surface area contributed by atoms with Crippen LogP contribution < -0.4 is 5.32 Å². The molecule has 0 aliphatic carbocycles. The minimum Gasteiger partial charge on any atom is -0.339 e. The highest BCUT2D eigenvalue weighted by atomic mass is 32.1. The van der Waals surface area contributed by atoms with Crippen molar-refractivity contribution in [3.8, 4) is 0 Å². The number of thiazole rings is 1. The van der Waals surface area contributed by atoms with Crippen molar-refractivity contribution in [2.75, 3.05) is 13.1 Å². The van der Waals surface area contributed by atoms with E-state index in [1.165, 1.54) is 12.1 Å². The number of amides is 1. The molecule has 1 aromatic heterocycles. The van der Waals surface area contributed by atoms with Gasteiger partial charge in [-0.15, -0.1) is 11.3 Å². The van der Waals surface area contributed by atoms with E-state index in [2.05, 4.69) is 24.1 Å². The predicted octanol–water partition coefficient (Wildman–Crippen LogP) is 2.62. The van der Waals surface area contributed by atoms with Gasteiger partial charge in [-0.1, -0.05) is 12.1 Å². The highest BCUT2D eigenvalue weighted by molar-refractivity contribution is 7.09. The molecule has 2 aromatic rings. The number of rotatable bonds is 4. The molecular formula is C18H22FN3OS. The fourth-order valence-electron chi connectivity index (χ4n) is 3.09. The average Bonchev–Trinajstić information content (AvgIpc) is 2.95. The van der Waals surface area contributed by atoms with Crippen molar-refractivity contribution < 1.29 is 9.18 Å². The van der Waals surface area contributed by atoms with E-state index >= 15 is 0 Å². The largest absolute Gasteiger partial charge is 0.339 e. The van der Waals surface area contributed by atoms with E-state index in [1.54, 1.807) is 23.5 Å². The van der Waals surface area contributed by atoms with Crippen LogP contribution in [0.5, 0.6) is 0 Å². The van der Waals surface area contributed by atoms with Gasteiger partial charge < -0.3 is 10.2 Å². The number of halogens is 1. The summed E-state index contributed by atoms with van der Waals surface area (Å²) in [7, 11) is 0. The Hall–Kier alpha value is -1.79. The maximum Gasteiger partial charge on any atom is 0.228 e. The Morgan fingerprint density at radius 3 is 2.62 bits per heavy atom. The van der Waals surface area contributed by atoms with Gasteiger partial charge in [-0.25, -0.2) is 9.37 Å². The second-order valence-electron chi connectivity index (χ2n) is 6.48. The molecule has 0 radical (unpaired) electrons. The number of nitrogens with one attached hydrogen (secondary N) is 1. The monoisotopic (exact) mass is 347 g/mol. The van der Waals surface area contributed by atoms with Crippen molar-refractivity contribution in [2.45, 2.75) is 38.8 Å². The molecule has 1 aromatic carbocycles. The summed E-state index contributed by atoms with van der Waals surface area (Å²) in [5.41, 5.74) is 1.84. The molecule has 1 amide bonds. The topological polar surface area (TPSA) is 45.2 Å². The molecule has 128 valence electrons. The van der Waals surface area contributed by atoms with Crippen LogP contribution in [0.25, 0.3) is 0 Å². The lowest BCUT2D eigenvalue weighted by molar-refractivity contribution is -0.132. The average molecular weight is 347 g/mol. The van der Waals surface area contributed by atoms with Crippen molar-refractivity contribution >= 4 is 17.2 Å². The minimum atomic E-state index is -0.233. The van der Waals surface area contributed by atoms with Gasteiger partial charge in [-0.3, -0.25) is 4.79 Å². The third-order valence-electron chi connectivity index (χ3n) is 4.11. The molecular weight excluding hydrogens is 325 g/mol. The van der Waals surface area contributed by atoms with Gasteiger partial charge in [-0.2, -0.15) is 0 Å². The fraction of sp³-hybridized carbons (Fsp3) is 0.444. The summed E-state index contributed by atoms with van der Waals surface area (Å²) in [4.78, 5) is 19.0. The normalized spacial score (nSPS) is 21.0. The van der Waals surface area contributed by atoms with Crippen molar-refractivity contribution in [1.82, 2.24) is 15.2 Å². The molecule has 0 saturated carbocycles. The van der Waals surface area contributed by atoms with Crippen molar-refractivity contribution in [2.24, 2.45) is 0 Å². The molecule has 1 aliphatic heterocycles. The molecule has 1 aliphatic rings. The standard InChI is InChI=1S/C18H22FN3OS/c1-12-9-22(10-13(2)20-12)18(23)8-16-11-24-17(21-16)7-14-3-5-15(19)6-4-14/h3-6,11-13,20H,7-10H2,1-2H3/t12-,13+. The molecule has 0 unspecified atom stereocenters. The second-order valence-corrected chi connectivity index (χ2v) is 7.42. The molecule has 1 saturated heterocycles. The summed E-state index contributed by atoms with van der Waals surface area (Å²) in [5.74, 6) is -0.0996. The Balaban J connectivity index is 1.59. The van der Waals surface area contributed by atoms with Crippen LogP contribution >= 0.6 is 11.3 Å². The van der Waals surface area contributed by atoms with E-state index in [0.717, 1.165) is 29.4 Å². The Morgan fingerprint density at radius 2 is 1.96 bits per heavy atom. The zero-order valence-corrected chi connectivity index (χ0v) is 14.8. The summed E-state index contributed by atoms with van der Waals surface area (Å²) in [6.45, 7) is 5.69. The van der Waals surface area contributed by atoms with Crippen molar-refractivity contribution in [3.63, 3.8) is 0 Å². The molecule has 4 nitrogen and oxygen atoms in total. The molecule has 2 heterocycles. The zero-order chi connectivity index (χ0) is 17.1. The van der Waals surface area contributed by atoms with Gasteiger partial charge in [0.15, 0.2) is 0 Å². The van der Waals surface area contributed by atoms with Crippen LogP contribution in [-0.2, 0) is 17.6 Å². The first kappa shape index (κ1) is 17.0. The molecule has 2 atom stereocenters. The van der Waals surface area contributed by atoms with Gasteiger partial charge in [0.05, 0.1) is 17.1 Å². The van der Waals surface area contributed by atoms with Crippen LogP contribution in [0.3, 0.4) is 0 Å². The molecule has 6 heteroatoms. The van der Waals surface area contributed by atoms with E-state index in [4.69, 9.17) is 0 Å². The number of piperazine rings is 1. The highest BCUT2D eigenvalue weighted by Gasteiger charge is 2.25.